The molecule has 1 aromatic rings. The first-order valence-electron chi connectivity index (χ1n) is 4.96. The molecule has 1 N–H and O–H groups in total. The molecule has 1 unspecified atom stereocenters. The molecule has 1 heterocycles. The second kappa shape index (κ2) is 6.86. The number of ether oxygens (including phenoxy) is 1. The van der Waals surface area contributed by atoms with Gasteiger partial charge in [-0.05, 0) is 24.5 Å². The molecule has 1 rings (SSSR count). The first-order chi connectivity index (χ1) is 6.88. The van der Waals surface area contributed by atoms with Crippen LogP contribution in [0.5, 0.6) is 0 Å². The first kappa shape index (κ1) is 11.6. The fourth-order valence-corrected chi connectivity index (χ4v) is 1.72. The molecule has 80 valence electrons. The average Bonchev–Trinajstić information content (AvgIpc) is 2.70. The van der Waals surface area contributed by atoms with E-state index in [0.717, 1.165) is 24.4 Å². The van der Waals surface area contributed by atoms with E-state index in [0.29, 0.717) is 6.61 Å². The van der Waals surface area contributed by atoms with E-state index in [4.69, 9.17) is 4.74 Å². The van der Waals surface area contributed by atoms with Gasteiger partial charge in [-0.25, -0.2) is 0 Å². The number of aromatic nitrogens is 2. The van der Waals surface area contributed by atoms with Gasteiger partial charge in [0, 0.05) is 6.61 Å². The molecule has 4 nitrogen and oxygen atoms in total. The summed E-state index contributed by atoms with van der Waals surface area (Å²) in [6, 6.07) is 0.242. The van der Waals surface area contributed by atoms with Crippen molar-refractivity contribution in [1.82, 2.24) is 14.9 Å². The third-order valence-corrected chi connectivity index (χ3v) is 2.58. The highest BCUT2D eigenvalue weighted by atomic mass is 32.1. The molecule has 0 saturated carbocycles. The Morgan fingerprint density at radius 3 is 3.00 bits per heavy atom. The minimum absolute atomic E-state index is 0.242. The monoisotopic (exact) mass is 215 g/mol. The minimum atomic E-state index is 0.242. The number of rotatable bonds is 7. The Kier molecular flexibility index (Phi) is 5.66. The van der Waals surface area contributed by atoms with Crippen molar-refractivity contribution in [3.8, 4) is 0 Å². The Bertz CT molecular complexity index is 228. The van der Waals surface area contributed by atoms with Crippen LogP contribution in [0.3, 0.4) is 0 Å². The minimum Gasteiger partial charge on any atom is -0.379 e. The van der Waals surface area contributed by atoms with E-state index < -0.39 is 0 Å². The molecule has 0 saturated heterocycles. The molecule has 0 bridgehead atoms. The molecule has 0 amide bonds. The molecule has 0 aromatic carbocycles. The van der Waals surface area contributed by atoms with Crippen LogP contribution in [0.25, 0.3) is 0 Å². The summed E-state index contributed by atoms with van der Waals surface area (Å²) in [5.74, 6) is 0. The summed E-state index contributed by atoms with van der Waals surface area (Å²) in [5.41, 5.74) is 0. The number of hydrogen-bond donors (Lipinski definition) is 1. The van der Waals surface area contributed by atoms with E-state index in [9.17, 15) is 0 Å². The zero-order valence-corrected chi connectivity index (χ0v) is 9.51. The van der Waals surface area contributed by atoms with E-state index in [1.807, 2.05) is 0 Å². The Hall–Kier alpha value is -0.520. The van der Waals surface area contributed by atoms with Gasteiger partial charge in [-0.3, -0.25) is 0 Å². The molecule has 5 heteroatoms. The van der Waals surface area contributed by atoms with Gasteiger partial charge >= 0.3 is 0 Å². The highest BCUT2D eigenvalue weighted by Crippen LogP contribution is 2.15. The Labute approximate surface area is 88.8 Å². The Morgan fingerprint density at radius 2 is 2.43 bits per heavy atom. The number of likely N-dealkylation sites (N-methyl/N-ethyl adjacent to an activating group) is 1. The summed E-state index contributed by atoms with van der Waals surface area (Å²) in [6.07, 6.45) is 2.85. The van der Waals surface area contributed by atoms with E-state index in [1.54, 1.807) is 6.20 Å². The quantitative estimate of drug-likeness (QED) is 0.702. The maximum absolute atomic E-state index is 5.51. The second-order valence-corrected chi connectivity index (χ2v) is 3.82. The van der Waals surface area contributed by atoms with Gasteiger partial charge in [0.1, 0.15) is 0 Å². The first-order valence-corrected chi connectivity index (χ1v) is 5.74. The standard InChI is InChI=1S/C9H17N3OS/c1-3-5-13-7-8(10-4-2)9-6-11-12-14-9/h6,8,10H,3-5,7H2,1-2H3. The Balaban J connectivity index is 2.39. The van der Waals surface area contributed by atoms with E-state index in [-0.39, 0.29) is 6.04 Å². The van der Waals surface area contributed by atoms with Crippen molar-refractivity contribution in [3.63, 3.8) is 0 Å². The van der Waals surface area contributed by atoms with Gasteiger partial charge in [-0.1, -0.05) is 18.3 Å². The third kappa shape index (κ3) is 3.69. The van der Waals surface area contributed by atoms with Crippen LogP contribution in [0.4, 0.5) is 0 Å². The summed E-state index contributed by atoms with van der Waals surface area (Å²) in [7, 11) is 0. The maximum Gasteiger partial charge on any atom is 0.0684 e. The van der Waals surface area contributed by atoms with Crippen LogP contribution >= 0.6 is 11.5 Å². The van der Waals surface area contributed by atoms with Crippen LogP contribution in [0, 0.1) is 0 Å². The highest BCUT2D eigenvalue weighted by molar-refractivity contribution is 7.05. The van der Waals surface area contributed by atoms with Crippen molar-refractivity contribution in [3.05, 3.63) is 11.1 Å². The van der Waals surface area contributed by atoms with Crippen molar-refractivity contribution in [1.29, 1.82) is 0 Å². The topological polar surface area (TPSA) is 47.0 Å². The van der Waals surface area contributed by atoms with Gasteiger partial charge in [0.25, 0.3) is 0 Å². The van der Waals surface area contributed by atoms with Crippen LogP contribution < -0.4 is 5.32 Å². The lowest BCUT2D eigenvalue weighted by Gasteiger charge is -2.15. The second-order valence-electron chi connectivity index (χ2n) is 3.01. The SMILES string of the molecule is CCCOCC(NCC)c1cnns1. The highest BCUT2D eigenvalue weighted by Gasteiger charge is 2.12. The van der Waals surface area contributed by atoms with Crippen LogP contribution in [-0.2, 0) is 4.74 Å². The molecule has 0 aliphatic rings. The molecule has 1 aromatic heterocycles. The summed E-state index contributed by atoms with van der Waals surface area (Å²) in [6.45, 7) is 6.63. The molecule has 14 heavy (non-hydrogen) atoms. The van der Waals surface area contributed by atoms with Gasteiger partial charge in [-0.15, -0.1) is 5.10 Å². The lowest BCUT2D eigenvalue weighted by Crippen LogP contribution is -2.24. The van der Waals surface area contributed by atoms with Crippen molar-refractivity contribution in [2.45, 2.75) is 26.3 Å². The van der Waals surface area contributed by atoms with E-state index >= 15 is 0 Å². The van der Waals surface area contributed by atoms with Crippen molar-refractivity contribution >= 4 is 11.5 Å². The van der Waals surface area contributed by atoms with Gasteiger partial charge in [0.2, 0.25) is 0 Å². The molecule has 0 aliphatic heterocycles. The number of hydrogen-bond acceptors (Lipinski definition) is 5. The van der Waals surface area contributed by atoms with Crippen LogP contribution in [0.1, 0.15) is 31.2 Å². The number of nitrogens with zero attached hydrogens (tertiary/aromatic N) is 2. The number of nitrogens with one attached hydrogen (secondary N) is 1. The molecule has 0 radical (unpaired) electrons. The predicted molar refractivity (Wildman–Crippen MR) is 57.4 cm³/mol. The zero-order chi connectivity index (χ0) is 10.2. The van der Waals surface area contributed by atoms with Gasteiger partial charge < -0.3 is 10.1 Å². The van der Waals surface area contributed by atoms with Crippen molar-refractivity contribution in [2.75, 3.05) is 19.8 Å². The van der Waals surface area contributed by atoms with E-state index in [2.05, 4.69) is 28.8 Å². The van der Waals surface area contributed by atoms with Crippen LogP contribution in [0.15, 0.2) is 6.20 Å². The lowest BCUT2D eigenvalue weighted by molar-refractivity contribution is 0.113. The Morgan fingerprint density at radius 1 is 1.57 bits per heavy atom. The van der Waals surface area contributed by atoms with Gasteiger partial charge in [-0.2, -0.15) is 0 Å². The summed E-state index contributed by atoms with van der Waals surface area (Å²) >= 11 is 1.43. The molecule has 0 aliphatic carbocycles. The largest absolute Gasteiger partial charge is 0.379 e. The van der Waals surface area contributed by atoms with Crippen molar-refractivity contribution in [2.24, 2.45) is 0 Å². The predicted octanol–water partition coefficient (Wildman–Crippen LogP) is 1.62. The molecular weight excluding hydrogens is 198 g/mol. The third-order valence-electron chi connectivity index (χ3n) is 1.81. The smallest absolute Gasteiger partial charge is 0.0684 e. The zero-order valence-electron chi connectivity index (χ0n) is 8.69. The fraction of sp³-hybridized carbons (Fsp3) is 0.778. The fourth-order valence-electron chi connectivity index (χ4n) is 1.16. The molecule has 0 spiro atoms. The van der Waals surface area contributed by atoms with Crippen molar-refractivity contribution < 1.29 is 4.74 Å². The summed E-state index contributed by atoms with van der Waals surface area (Å²) in [4.78, 5) is 1.14. The van der Waals surface area contributed by atoms with Gasteiger partial charge in [0.15, 0.2) is 0 Å². The van der Waals surface area contributed by atoms with E-state index in [1.165, 1.54) is 11.5 Å². The lowest BCUT2D eigenvalue weighted by atomic mass is 10.3. The van der Waals surface area contributed by atoms with Gasteiger partial charge in [0.05, 0.1) is 23.7 Å². The maximum atomic E-state index is 5.51. The molecular formula is C9H17N3OS. The molecule has 0 fully saturated rings. The van der Waals surface area contributed by atoms with Crippen LogP contribution in [0.2, 0.25) is 0 Å². The summed E-state index contributed by atoms with van der Waals surface area (Å²) < 4.78 is 9.36. The normalized spacial score (nSPS) is 13.0. The average molecular weight is 215 g/mol. The molecule has 1 atom stereocenters. The van der Waals surface area contributed by atoms with Crippen LogP contribution in [-0.4, -0.2) is 29.3 Å². The summed E-state index contributed by atoms with van der Waals surface area (Å²) in [5, 5.41) is 7.18.